The standard InChI is InChI=1S/C12H8N2O5S/c1-14-7(3-6(13-14)11(16)17)5-2-9-10(4-8(5)15)20-12(18)19-9/h2-4,15H,1H3,(H,16,17). The number of nitrogens with zero attached hydrogens (tertiary/aromatic N) is 2. The molecule has 2 N–H and O–H groups in total. The molecule has 0 aliphatic heterocycles. The summed E-state index contributed by atoms with van der Waals surface area (Å²) in [4.78, 5) is 21.6. The zero-order valence-corrected chi connectivity index (χ0v) is 11.0. The minimum Gasteiger partial charge on any atom is -0.507 e. The maximum atomic E-state index is 11.2. The first-order valence-corrected chi connectivity index (χ1v) is 6.31. The lowest BCUT2D eigenvalue weighted by Gasteiger charge is -2.04. The highest BCUT2D eigenvalue weighted by Gasteiger charge is 2.17. The Hall–Kier alpha value is -2.61. The molecule has 102 valence electrons. The van der Waals surface area contributed by atoms with Crippen LogP contribution in [0.2, 0.25) is 0 Å². The number of carboxylic acid groups (broad SMARTS) is 1. The monoisotopic (exact) mass is 292 g/mol. The molecule has 2 aromatic heterocycles. The molecule has 7 nitrogen and oxygen atoms in total. The fourth-order valence-electron chi connectivity index (χ4n) is 1.94. The Bertz CT molecular complexity index is 889. The van der Waals surface area contributed by atoms with Gasteiger partial charge in [-0.05, 0) is 12.1 Å². The van der Waals surface area contributed by atoms with Gasteiger partial charge in [-0.2, -0.15) is 5.10 Å². The van der Waals surface area contributed by atoms with E-state index in [9.17, 15) is 14.7 Å². The molecule has 0 fully saturated rings. The van der Waals surface area contributed by atoms with Crippen molar-refractivity contribution in [3.05, 3.63) is 33.6 Å². The summed E-state index contributed by atoms with van der Waals surface area (Å²) in [7, 11) is 1.56. The van der Waals surface area contributed by atoms with Crippen LogP contribution in [0.3, 0.4) is 0 Å². The van der Waals surface area contributed by atoms with Crippen molar-refractivity contribution in [1.29, 1.82) is 0 Å². The molecule has 2 heterocycles. The van der Waals surface area contributed by atoms with Crippen LogP contribution in [0, 0.1) is 0 Å². The molecule has 3 aromatic rings. The summed E-state index contributed by atoms with van der Waals surface area (Å²) in [5.41, 5.74) is 0.969. The van der Waals surface area contributed by atoms with Crippen molar-refractivity contribution >= 4 is 27.6 Å². The van der Waals surface area contributed by atoms with E-state index < -0.39 is 10.9 Å². The highest BCUT2D eigenvalue weighted by molar-refractivity contribution is 7.16. The molecule has 0 atom stereocenters. The van der Waals surface area contributed by atoms with E-state index in [0.29, 0.717) is 21.5 Å². The number of aromatic hydroxyl groups is 1. The van der Waals surface area contributed by atoms with Crippen LogP contribution < -0.4 is 4.94 Å². The lowest BCUT2D eigenvalue weighted by molar-refractivity contribution is 0.0689. The van der Waals surface area contributed by atoms with Gasteiger partial charge in [0.05, 0.1) is 10.4 Å². The summed E-state index contributed by atoms with van der Waals surface area (Å²) >= 11 is 0.886. The first-order chi connectivity index (χ1) is 9.45. The molecule has 0 unspecified atom stereocenters. The number of phenolic OH excluding ortho intramolecular Hbond substituents is 1. The number of aromatic carboxylic acids is 1. The van der Waals surface area contributed by atoms with Gasteiger partial charge in [-0.25, -0.2) is 9.59 Å². The maximum Gasteiger partial charge on any atom is 0.396 e. The summed E-state index contributed by atoms with van der Waals surface area (Å²) in [5.74, 6) is -1.23. The predicted octanol–water partition coefficient (Wildman–Crippen LogP) is 1.66. The van der Waals surface area contributed by atoms with Gasteiger partial charge < -0.3 is 14.6 Å². The quantitative estimate of drug-likeness (QED) is 0.744. The molecular formula is C12H8N2O5S. The SMILES string of the molecule is Cn1nc(C(=O)O)cc1-c1cc2oc(=O)sc2cc1O. The van der Waals surface area contributed by atoms with E-state index in [4.69, 9.17) is 9.52 Å². The maximum absolute atomic E-state index is 11.2. The third kappa shape index (κ3) is 1.86. The predicted molar refractivity (Wildman–Crippen MR) is 71.2 cm³/mol. The van der Waals surface area contributed by atoms with E-state index in [2.05, 4.69) is 5.10 Å². The molecule has 0 amide bonds. The summed E-state index contributed by atoms with van der Waals surface area (Å²) in [6.45, 7) is 0. The van der Waals surface area contributed by atoms with Crippen LogP contribution in [0.15, 0.2) is 27.4 Å². The molecule has 0 radical (unpaired) electrons. The summed E-state index contributed by atoms with van der Waals surface area (Å²) in [6.07, 6.45) is 0. The Morgan fingerprint density at radius 1 is 1.40 bits per heavy atom. The zero-order valence-electron chi connectivity index (χ0n) is 10.2. The number of hydrogen-bond acceptors (Lipinski definition) is 6. The van der Waals surface area contributed by atoms with Gasteiger partial charge in [0.1, 0.15) is 11.3 Å². The van der Waals surface area contributed by atoms with Gasteiger partial charge in [0, 0.05) is 18.7 Å². The first kappa shape index (κ1) is 12.4. The van der Waals surface area contributed by atoms with E-state index in [1.165, 1.54) is 22.9 Å². The fourth-order valence-corrected chi connectivity index (χ4v) is 2.62. The van der Waals surface area contributed by atoms with E-state index in [-0.39, 0.29) is 11.4 Å². The number of rotatable bonds is 2. The van der Waals surface area contributed by atoms with Crippen LogP contribution >= 0.6 is 11.3 Å². The molecule has 0 aliphatic rings. The molecule has 0 spiro atoms. The molecule has 0 aliphatic carbocycles. The third-order valence-corrected chi connectivity index (χ3v) is 3.61. The van der Waals surface area contributed by atoms with Crippen LogP contribution in [-0.4, -0.2) is 26.0 Å². The normalized spacial score (nSPS) is 11.1. The van der Waals surface area contributed by atoms with Gasteiger partial charge in [-0.3, -0.25) is 4.68 Å². The summed E-state index contributed by atoms with van der Waals surface area (Å²) in [5, 5.41) is 22.8. The number of aryl methyl sites for hydroxylation is 1. The largest absolute Gasteiger partial charge is 0.507 e. The molecule has 0 saturated heterocycles. The van der Waals surface area contributed by atoms with Crippen molar-refractivity contribution in [1.82, 2.24) is 9.78 Å². The highest BCUT2D eigenvalue weighted by Crippen LogP contribution is 2.34. The van der Waals surface area contributed by atoms with Crippen LogP contribution in [0.5, 0.6) is 5.75 Å². The summed E-state index contributed by atoms with van der Waals surface area (Å²) < 4.78 is 6.85. The molecular weight excluding hydrogens is 284 g/mol. The smallest absolute Gasteiger partial charge is 0.396 e. The third-order valence-electron chi connectivity index (χ3n) is 2.82. The second-order valence-corrected chi connectivity index (χ2v) is 5.09. The number of hydrogen-bond donors (Lipinski definition) is 2. The van der Waals surface area contributed by atoms with E-state index in [1.54, 1.807) is 7.05 Å². The van der Waals surface area contributed by atoms with Gasteiger partial charge in [0.2, 0.25) is 0 Å². The number of fused-ring (bicyclic) bond motifs is 1. The van der Waals surface area contributed by atoms with E-state index >= 15 is 0 Å². The molecule has 20 heavy (non-hydrogen) atoms. The Morgan fingerprint density at radius 3 is 2.80 bits per heavy atom. The number of carboxylic acids is 1. The van der Waals surface area contributed by atoms with Crippen LogP contribution in [-0.2, 0) is 7.05 Å². The highest BCUT2D eigenvalue weighted by atomic mass is 32.1. The topological polar surface area (TPSA) is 106 Å². The number of phenols is 1. The Labute approximate surface area is 115 Å². The molecule has 8 heteroatoms. The second-order valence-electron chi connectivity index (χ2n) is 4.11. The second kappa shape index (κ2) is 4.20. The number of carbonyl (C=O) groups is 1. The van der Waals surface area contributed by atoms with Gasteiger partial charge in [-0.1, -0.05) is 11.3 Å². The molecule has 1 aromatic carbocycles. The molecule has 0 saturated carbocycles. The average molecular weight is 292 g/mol. The van der Waals surface area contributed by atoms with Gasteiger partial charge in [0.15, 0.2) is 5.69 Å². The zero-order chi connectivity index (χ0) is 14.4. The van der Waals surface area contributed by atoms with Crippen LogP contribution in [0.25, 0.3) is 21.5 Å². The Kier molecular flexibility index (Phi) is 2.61. The first-order valence-electron chi connectivity index (χ1n) is 5.50. The van der Waals surface area contributed by atoms with Crippen LogP contribution in [0.1, 0.15) is 10.5 Å². The van der Waals surface area contributed by atoms with Crippen molar-refractivity contribution in [2.45, 2.75) is 0 Å². The van der Waals surface area contributed by atoms with E-state index in [0.717, 1.165) is 11.3 Å². The minimum atomic E-state index is -1.16. The Morgan fingerprint density at radius 2 is 2.15 bits per heavy atom. The molecule has 3 rings (SSSR count). The van der Waals surface area contributed by atoms with Crippen molar-refractivity contribution in [2.24, 2.45) is 7.05 Å². The van der Waals surface area contributed by atoms with Gasteiger partial charge in [-0.15, -0.1) is 0 Å². The average Bonchev–Trinajstić information content (AvgIpc) is 2.90. The van der Waals surface area contributed by atoms with Crippen molar-refractivity contribution in [2.75, 3.05) is 0 Å². The van der Waals surface area contributed by atoms with Gasteiger partial charge in [0.25, 0.3) is 0 Å². The summed E-state index contributed by atoms with van der Waals surface area (Å²) in [6, 6.07) is 4.24. The number of benzene rings is 1. The lowest BCUT2D eigenvalue weighted by atomic mass is 10.1. The lowest BCUT2D eigenvalue weighted by Crippen LogP contribution is -1.99. The molecule has 0 bridgehead atoms. The Balaban J connectivity index is 2.25. The minimum absolute atomic E-state index is 0.0745. The van der Waals surface area contributed by atoms with Gasteiger partial charge >= 0.3 is 10.9 Å². The number of aromatic nitrogens is 2. The fraction of sp³-hybridized carbons (Fsp3) is 0.0833. The van der Waals surface area contributed by atoms with Crippen LogP contribution in [0.4, 0.5) is 0 Å². The van der Waals surface area contributed by atoms with Crippen molar-refractivity contribution < 1.29 is 19.4 Å². The van der Waals surface area contributed by atoms with Crippen molar-refractivity contribution in [3.8, 4) is 17.0 Å². The van der Waals surface area contributed by atoms with E-state index in [1.807, 2.05) is 0 Å². The van der Waals surface area contributed by atoms with Crippen molar-refractivity contribution in [3.63, 3.8) is 0 Å².